The Kier molecular flexibility index (Phi) is 4.43. The van der Waals surface area contributed by atoms with Gasteiger partial charge in [-0.25, -0.2) is 0 Å². The summed E-state index contributed by atoms with van der Waals surface area (Å²) < 4.78 is 6.34. The lowest BCUT2D eigenvalue weighted by Gasteiger charge is -2.20. The second-order valence-corrected chi connectivity index (χ2v) is 5.76. The summed E-state index contributed by atoms with van der Waals surface area (Å²) in [4.78, 5) is 0. The number of hydrogen-bond acceptors (Lipinski definition) is 1. The number of rotatable bonds is 5. The van der Waals surface area contributed by atoms with Crippen molar-refractivity contribution in [1.29, 1.82) is 0 Å². The van der Waals surface area contributed by atoms with Crippen LogP contribution in [0.4, 0.5) is 0 Å². The molecule has 3 aromatic rings. The van der Waals surface area contributed by atoms with Crippen molar-refractivity contribution >= 4 is 10.8 Å². The number of hydrogen-bond donors (Lipinski definition) is 0. The molecule has 1 atom stereocenters. The van der Waals surface area contributed by atoms with E-state index < -0.39 is 0 Å². The van der Waals surface area contributed by atoms with Crippen molar-refractivity contribution in [1.82, 2.24) is 0 Å². The van der Waals surface area contributed by atoms with Gasteiger partial charge in [0.25, 0.3) is 0 Å². The first kappa shape index (κ1) is 14.6. The maximum atomic E-state index is 6.34. The lowest BCUT2D eigenvalue weighted by atomic mass is 10.0. The zero-order chi connectivity index (χ0) is 15.4. The SMILES string of the molecule is CCC(Cc1ccccc1C)Oc1cccc2ccccc12. The van der Waals surface area contributed by atoms with Crippen LogP contribution in [0, 0.1) is 6.92 Å². The minimum atomic E-state index is 0.201. The maximum Gasteiger partial charge on any atom is 0.127 e. The highest BCUT2D eigenvalue weighted by atomic mass is 16.5. The minimum Gasteiger partial charge on any atom is -0.489 e. The van der Waals surface area contributed by atoms with Gasteiger partial charge in [-0.15, -0.1) is 0 Å². The Morgan fingerprint density at radius 1 is 0.864 bits per heavy atom. The average molecular weight is 290 g/mol. The van der Waals surface area contributed by atoms with Gasteiger partial charge in [0.1, 0.15) is 11.9 Å². The Morgan fingerprint density at radius 3 is 2.41 bits per heavy atom. The van der Waals surface area contributed by atoms with Crippen LogP contribution in [0.25, 0.3) is 10.8 Å². The standard InChI is InChI=1S/C21H22O/c1-3-19(15-18-11-5-4-9-16(18)2)22-21-14-8-12-17-10-6-7-13-20(17)21/h4-14,19H,3,15H2,1-2H3. The second-order valence-electron chi connectivity index (χ2n) is 5.76. The van der Waals surface area contributed by atoms with Gasteiger partial charge < -0.3 is 4.74 Å². The molecule has 0 aromatic heterocycles. The fraction of sp³-hybridized carbons (Fsp3) is 0.238. The molecule has 0 bridgehead atoms. The molecule has 1 unspecified atom stereocenters. The lowest BCUT2D eigenvalue weighted by molar-refractivity contribution is 0.200. The predicted octanol–water partition coefficient (Wildman–Crippen LogP) is 5.55. The van der Waals surface area contributed by atoms with Crippen LogP contribution < -0.4 is 4.74 Å². The topological polar surface area (TPSA) is 9.23 Å². The van der Waals surface area contributed by atoms with Gasteiger partial charge in [-0.3, -0.25) is 0 Å². The predicted molar refractivity (Wildman–Crippen MR) is 93.5 cm³/mol. The molecule has 112 valence electrons. The van der Waals surface area contributed by atoms with E-state index in [0.29, 0.717) is 0 Å². The van der Waals surface area contributed by atoms with Gasteiger partial charge >= 0.3 is 0 Å². The smallest absolute Gasteiger partial charge is 0.127 e. The van der Waals surface area contributed by atoms with E-state index in [-0.39, 0.29) is 6.10 Å². The Balaban J connectivity index is 1.84. The number of aryl methyl sites for hydroxylation is 1. The summed E-state index contributed by atoms with van der Waals surface area (Å²) in [7, 11) is 0. The summed E-state index contributed by atoms with van der Waals surface area (Å²) in [6.45, 7) is 4.36. The molecule has 0 saturated heterocycles. The molecule has 0 amide bonds. The van der Waals surface area contributed by atoms with Crippen molar-refractivity contribution in [2.24, 2.45) is 0 Å². The number of ether oxygens (including phenoxy) is 1. The third-order valence-electron chi connectivity index (χ3n) is 4.21. The Hall–Kier alpha value is -2.28. The Labute approximate surface area is 132 Å². The largest absolute Gasteiger partial charge is 0.489 e. The molecule has 0 radical (unpaired) electrons. The molecule has 0 aliphatic heterocycles. The van der Waals surface area contributed by atoms with Gasteiger partial charge in [-0.1, -0.05) is 67.6 Å². The maximum absolute atomic E-state index is 6.34. The van der Waals surface area contributed by atoms with E-state index in [0.717, 1.165) is 18.6 Å². The summed E-state index contributed by atoms with van der Waals surface area (Å²) in [5.74, 6) is 0.985. The Morgan fingerprint density at radius 2 is 1.59 bits per heavy atom. The van der Waals surface area contributed by atoms with E-state index >= 15 is 0 Å². The van der Waals surface area contributed by atoms with Gasteiger partial charge in [0.2, 0.25) is 0 Å². The first-order valence-corrected chi connectivity index (χ1v) is 7.97. The molecule has 3 aromatic carbocycles. The highest BCUT2D eigenvalue weighted by Crippen LogP contribution is 2.27. The fourth-order valence-corrected chi connectivity index (χ4v) is 2.83. The van der Waals surface area contributed by atoms with Crippen molar-refractivity contribution in [2.45, 2.75) is 32.8 Å². The van der Waals surface area contributed by atoms with Crippen LogP contribution in [0.15, 0.2) is 66.7 Å². The van der Waals surface area contributed by atoms with Crippen LogP contribution in [-0.4, -0.2) is 6.10 Å². The third-order valence-corrected chi connectivity index (χ3v) is 4.21. The Bertz CT molecular complexity index is 755. The average Bonchev–Trinajstić information content (AvgIpc) is 2.56. The number of fused-ring (bicyclic) bond motifs is 1. The van der Waals surface area contributed by atoms with Crippen LogP contribution in [0.1, 0.15) is 24.5 Å². The van der Waals surface area contributed by atoms with Gasteiger partial charge in [0, 0.05) is 11.8 Å². The van der Waals surface area contributed by atoms with Gasteiger partial charge in [0.05, 0.1) is 0 Å². The minimum absolute atomic E-state index is 0.201. The molecular formula is C21H22O. The van der Waals surface area contributed by atoms with Crippen molar-refractivity contribution in [3.8, 4) is 5.75 Å². The first-order valence-electron chi connectivity index (χ1n) is 7.97. The molecule has 0 saturated carbocycles. The lowest BCUT2D eigenvalue weighted by Crippen LogP contribution is -2.19. The monoisotopic (exact) mass is 290 g/mol. The summed E-state index contributed by atoms with van der Waals surface area (Å²) in [5, 5.41) is 2.42. The van der Waals surface area contributed by atoms with Gasteiger partial charge in [0.15, 0.2) is 0 Å². The summed E-state index contributed by atoms with van der Waals surface area (Å²) in [5.41, 5.74) is 2.71. The van der Waals surface area contributed by atoms with Gasteiger partial charge in [-0.2, -0.15) is 0 Å². The van der Waals surface area contributed by atoms with Crippen molar-refractivity contribution in [3.63, 3.8) is 0 Å². The highest BCUT2D eigenvalue weighted by molar-refractivity contribution is 5.88. The van der Waals surface area contributed by atoms with Crippen molar-refractivity contribution in [3.05, 3.63) is 77.9 Å². The second kappa shape index (κ2) is 6.65. The zero-order valence-electron chi connectivity index (χ0n) is 13.3. The first-order chi connectivity index (χ1) is 10.8. The molecule has 3 rings (SSSR count). The van der Waals surface area contributed by atoms with Gasteiger partial charge in [-0.05, 0) is 35.9 Å². The van der Waals surface area contributed by atoms with E-state index in [4.69, 9.17) is 4.74 Å². The van der Waals surface area contributed by atoms with E-state index in [1.165, 1.54) is 21.9 Å². The van der Waals surface area contributed by atoms with E-state index in [2.05, 4.69) is 80.6 Å². The molecule has 1 nitrogen and oxygen atoms in total. The molecule has 0 aliphatic carbocycles. The molecular weight excluding hydrogens is 268 g/mol. The summed E-state index contributed by atoms with van der Waals surface area (Å²) in [6, 6.07) is 23.2. The highest BCUT2D eigenvalue weighted by Gasteiger charge is 2.12. The molecule has 0 spiro atoms. The van der Waals surface area contributed by atoms with E-state index in [1.807, 2.05) is 0 Å². The number of benzene rings is 3. The van der Waals surface area contributed by atoms with Crippen LogP contribution in [-0.2, 0) is 6.42 Å². The summed E-state index contributed by atoms with van der Waals surface area (Å²) in [6.07, 6.45) is 2.15. The molecule has 0 fully saturated rings. The van der Waals surface area contributed by atoms with E-state index in [9.17, 15) is 0 Å². The van der Waals surface area contributed by atoms with Crippen molar-refractivity contribution < 1.29 is 4.74 Å². The molecule has 1 heteroatoms. The van der Waals surface area contributed by atoms with E-state index in [1.54, 1.807) is 0 Å². The normalized spacial score (nSPS) is 12.3. The molecule has 0 N–H and O–H groups in total. The van der Waals surface area contributed by atoms with Crippen LogP contribution in [0.2, 0.25) is 0 Å². The van der Waals surface area contributed by atoms with Crippen molar-refractivity contribution in [2.75, 3.05) is 0 Å². The fourth-order valence-electron chi connectivity index (χ4n) is 2.83. The third kappa shape index (κ3) is 3.14. The van der Waals surface area contributed by atoms with Crippen LogP contribution in [0.5, 0.6) is 5.75 Å². The van der Waals surface area contributed by atoms with Crippen LogP contribution in [0.3, 0.4) is 0 Å². The molecule has 0 heterocycles. The molecule has 22 heavy (non-hydrogen) atoms. The van der Waals surface area contributed by atoms with Crippen LogP contribution >= 0.6 is 0 Å². The quantitative estimate of drug-likeness (QED) is 0.598. The summed E-state index contributed by atoms with van der Waals surface area (Å²) >= 11 is 0. The molecule has 0 aliphatic rings. The zero-order valence-corrected chi connectivity index (χ0v) is 13.3.